The minimum absolute atomic E-state index is 0.808. The minimum atomic E-state index is -4.41. The first kappa shape index (κ1) is 21.8. The molecule has 0 bridgehead atoms. The molecule has 0 aliphatic heterocycles. The number of nitrogens with zero attached hydrogens (tertiary/aromatic N) is 3. The number of rotatable bonds is 5. The van der Waals surface area contributed by atoms with Crippen LogP contribution in [0.15, 0.2) is 59.7 Å². The van der Waals surface area contributed by atoms with Crippen LogP contribution in [0, 0.1) is 0 Å². The summed E-state index contributed by atoms with van der Waals surface area (Å²) >= 11 is 0. The number of hydrogen-bond donors (Lipinski definition) is 0. The minimum Gasteiger partial charge on any atom is -0.726 e. The van der Waals surface area contributed by atoms with Crippen LogP contribution in [0.3, 0.4) is 0 Å². The third-order valence-corrected chi connectivity index (χ3v) is 3.79. The van der Waals surface area contributed by atoms with Crippen molar-refractivity contribution < 1.29 is 17.2 Å². The van der Waals surface area contributed by atoms with E-state index in [-0.39, 0.29) is 0 Å². The number of quaternary nitrogens is 1. The summed E-state index contributed by atoms with van der Waals surface area (Å²) in [6.07, 6.45) is 1.88. The van der Waals surface area contributed by atoms with Gasteiger partial charge in [-0.1, -0.05) is 18.2 Å². The van der Waals surface area contributed by atoms with Crippen LogP contribution in [-0.2, 0) is 14.6 Å². The number of para-hydroxylation sites is 1. The Morgan fingerprint density at radius 2 is 1.54 bits per heavy atom. The predicted molar refractivity (Wildman–Crippen MR) is 105 cm³/mol. The number of hydrazone groups is 1. The van der Waals surface area contributed by atoms with Gasteiger partial charge in [-0.2, -0.15) is 5.10 Å². The van der Waals surface area contributed by atoms with Gasteiger partial charge in [0.2, 0.25) is 10.4 Å². The van der Waals surface area contributed by atoms with E-state index in [1.807, 2.05) is 48.6 Å². The van der Waals surface area contributed by atoms with Crippen LogP contribution in [0.2, 0.25) is 0 Å². The van der Waals surface area contributed by atoms with Crippen LogP contribution in [0.4, 0.5) is 11.4 Å². The van der Waals surface area contributed by atoms with E-state index in [1.165, 1.54) is 5.69 Å². The number of benzene rings is 2. The van der Waals surface area contributed by atoms with Crippen LogP contribution >= 0.6 is 0 Å². The van der Waals surface area contributed by atoms with Gasteiger partial charge in [0.05, 0.1) is 40.2 Å². The number of hydrogen-bond acceptors (Lipinski definition) is 6. The summed E-state index contributed by atoms with van der Waals surface area (Å²) in [5.74, 6) is 0. The second-order valence-corrected chi connectivity index (χ2v) is 7.43. The van der Waals surface area contributed by atoms with Crippen LogP contribution in [0.1, 0.15) is 5.56 Å². The van der Waals surface area contributed by atoms with Crippen molar-refractivity contribution in [1.29, 1.82) is 0 Å². The lowest BCUT2D eigenvalue weighted by atomic mass is 10.2. The first-order valence-corrected chi connectivity index (χ1v) is 9.12. The molecule has 2 aromatic rings. The maximum atomic E-state index is 9.22. The van der Waals surface area contributed by atoms with E-state index >= 15 is 0 Å². The van der Waals surface area contributed by atoms with Gasteiger partial charge in [-0.15, -0.1) is 0 Å². The van der Waals surface area contributed by atoms with E-state index in [0.29, 0.717) is 0 Å². The summed E-state index contributed by atoms with van der Waals surface area (Å²) in [7, 11) is 4.82. The first-order chi connectivity index (χ1) is 12.0. The van der Waals surface area contributed by atoms with Crippen molar-refractivity contribution in [1.82, 2.24) is 4.48 Å². The van der Waals surface area contributed by atoms with Gasteiger partial charge < -0.3 is 4.55 Å². The monoisotopic (exact) mass is 379 g/mol. The molecule has 0 fully saturated rings. The molecule has 7 nitrogen and oxygen atoms in total. The quantitative estimate of drug-likeness (QED) is 0.262. The Balaban J connectivity index is 0.000000487. The van der Waals surface area contributed by atoms with Crippen molar-refractivity contribution in [2.24, 2.45) is 5.10 Å². The van der Waals surface area contributed by atoms with Gasteiger partial charge in [0, 0.05) is 7.05 Å². The smallest absolute Gasteiger partial charge is 0.217 e. The molecule has 0 atom stereocenters. The molecule has 0 aliphatic carbocycles. The van der Waals surface area contributed by atoms with Crippen molar-refractivity contribution >= 4 is 28.0 Å². The third kappa shape index (κ3) is 8.21. The molecule has 0 unspecified atom stereocenters. The lowest BCUT2D eigenvalue weighted by molar-refractivity contribution is 0.314. The summed E-state index contributed by atoms with van der Waals surface area (Å²) < 4.78 is 31.8. The van der Waals surface area contributed by atoms with Crippen LogP contribution in [0.5, 0.6) is 0 Å². The predicted octanol–water partition coefficient (Wildman–Crippen LogP) is 2.45. The van der Waals surface area contributed by atoms with Gasteiger partial charge in [0.15, 0.2) is 0 Å². The van der Waals surface area contributed by atoms with Gasteiger partial charge in [-0.05, 0) is 42.0 Å². The zero-order valence-corrected chi connectivity index (χ0v) is 16.5. The van der Waals surface area contributed by atoms with E-state index < -0.39 is 10.4 Å². The SMILES string of the molecule is CN(/N=C\c1ccc([N+](C)(C)C)cc1)c1ccccc1.COS(=O)(=O)[O-]. The van der Waals surface area contributed by atoms with Crippen molar-refractivity contribution in [2.75, 3.05) is 40.3 Å². The third-order valence-electron chi connectivity index (χ3n) is 3.38. The molecule has 2 aromatic carbocycles. The molecule has 0 heterocycles. The van der Waals surface area contributed by atoms with Crippen molar-refractivity contribution in [3.8, 4) is 0 Å². The second-order valence-electron chi connectivity index (χ2n) is 6.28. The standard InChI is InChI=1S/C17H22N3.CH4O4S/c1-19(16-8-6-5-7-9-16)18-14-15-10-12-17(13-11-15)20(2,3)4;1-5-6(2,3)4/h5-14H,1-4H3;1H3,(H,2,3,4)/q+1;/p-1/b18-14-;. The summed E-state index contributed by atoms with van der Waals surface area (Å²) in [5.41, 5.74) is 3.45. The molecule has 0 spiro atoms. The fourth-order valence-electron chi connectivity index (χ4n) is 1.87. The molecular formula is C18H25N3O4S. The average Bonchev–Trinajstić information content (AvgIpc) is 2.60. The molecule has 0 aromatic heterocycles. The van der Waals surface area contributed by atoms with Crippen molar-refractivity contribution in [2.45, 2.75) is 0 Å². The zero-order valence-electron chi connectivity index (χ0n) is 15.7. The highest BCUT2D eigenvalue weighted by Gasteiger charge is 2.10. The Morgan fingerprint density at radius 1 is 1.04 bits per heavy atom. The Kier molecular flexibility index (Phi) is 7.91. The molecular weight excluding hydrogens is 354 g/mol. The van der Waals surface area contributed by atoms with Gasteiger partial charge in [-0.3, -0.25) is 13.7 Å². The van der Waals surface area contributed by atoms with Gasteiger partial charge in [0.25, 0.3) is 0 Å². The van der Waals surface area contributed by atoms with Gasteiger partial charge in [0.1, 0.15) is 5.69 Å². The lowest BCUT2D eigenvalue weighted by Gasteiger charge is -2.23. The topological polar surface area (TPSA) is 82.0 Å². The van der Waals surface area contributed by atoms with Gasteiger partial charge >= 0.3 is 0 Å². The molecule has 26 heavy (non-hydrogen) atoms. The largest absolute Gasteiger partial charge is 0.726 e. The van der Waals surface area contributed by atoms with E-state index in [2.05, 4.69) is 54.7 Å². The summed E-state index contributed by atoms with van der Waals surface area (Å²) in [5, 5.41) is 6.33. The lowest BCUT2D eigenvalue weighted by Crippen LogP contribution is -2.34. The summed E-state index contributed by atoms with van der Waals surface area (Å²) in [6.45, 7) is 0. The molecule has 0 saturated carbocycles. The molecule has 0 aliphatic rings. The molecule has 0 radical (unpaired) electrons. The average molecular weight is 379 g/mol. The fraction of sp³-hybridized carbons (Fsp3) is 0.278. The van der Waals surface area contributed by atoms with E-state index in [0.717, 1.165) is 22.8 Å². The van der Waals surface area contributed by atoms with Crippen LogP contribution < -0.4 is 9.49 Å². The molecule has 0 amide bonds. The summed E-state index contributed by atoms with van der Waals surface area (Å²) in [6, 6.07) is 18.6. The zero-order chi connectivity index (χ0) is 19.8. The Labute approximate surface area is 155 Å². The summed E-state index contributed by atoms with van der Waals surface area (Å²) in [4.78, 5) is 0. The Bertz CT molecular complexity index is 799. The first-order valence-electron chi connectivity index (χ1n) is 7.79. The maximum absolute atomic E-state index is 9.22. The fourth-order valence-corrected chi connectivity index (χ4v) is 1.87. The number of anilines is 1. The highest BCUT2D eigenvalue weighted by molar-refractivity contribution is 7.80. The molecule has 2 rings (SSSR count). The van der Waals surface area contributed by atoms with Crippen LogP contribution in [0.25, 0.3) is 0 Å². The maximum Gasteiger partial charge on any atom is 0.217 e. The van der Waals surface area contributed by atoms with Gasteiger partial charge in [-0.25, -0.2) is 8.42 Å². The molecule has 142 valence electrons. The molecule has 0 saturated heterocycles. The normalized spacial score (nSPS) is 11.8. The molecule has 8 heteroatoms. The molecule has 0 N–H and O–H groups in total. The van der Waals surface area contributed by atoms with Crippen LogP contribution in [-0.4, -0.2) is 54.5 Å². The van der Waals surface area contributed by atoms with Crippen molar-refractivity contribution in [3.63, 3.8) is 0 Å². The van der Waals surface area contributed by atoms with E-state index in [1.54, 1.807) is 0 Å². The highest BCUT2D eigenvalue weighted by atomic mass is 32.3. The van der Waals surface area contributed by atoms with E-state index in [4.69, 9.17) is 0 Å². The van der Waals surface area contributed by atoms with Crippen molar-refractivity contribution in [3.05, 3.63) is 60.2 Å². The Morgan fingerprint density at radius 3 is 1.96 bits per heavy atom. The second kappa shape index (κ2) is 9.44. The highest BCUT2D eigenvalue weighted by Crippen LogP contribution is 2.17. The Hall–Kier alpha value is -2.26. The van der Waals surface area contributed by atoms with E-state index in [9.17, 15) is 13.0 Å².